The Bertz CT molecular complexity index is 685. The minimum absolute atomic E-state index is 0.0357. The van der Waals surface area contributed by atoms with Gasteiger partial charge in [0, 0.05) is 18.8 Å². The number of benzene rings is 1. The van der Waals surface area contributed by atoms with Gasteiger partial charge in [-0.2, -0.15) is 4.31 Å². The second-order valence-corrected chi connectivity index (χ2v) is 7.47. The number of carbonyl (C=O) groups is 1. The minimum atomic E-state index is -3.72. The molecule has 0 spiro atoms. The average molecular weight is 377 g/mol. The molecule has 1 fully saturated rings. The molecule has 0 bridgehead atoms. The van der Waals surface area contributed by atoms with Gasteiger partial charge in [0.2, 0.25) is 10.0 Å². The number of sulfonamides is 1. The van der Waals surface area contributed by atoms with Crippen LogP contribution in [0.2, 0.25) is 5.02 Å². The van der Waals surface area contributed by atoms with Crippen molar-refractivity contribution in [1.29, 1.82) is 0 Å². The quantitative estimate of drug-likeness (QED) is 0.817. The van der Waals surface area contributed by atoms with Crippen molar-refractivity contribution < 1.29 is 22.7 Å². The Morgan fingerprint density at radius 3 is 2.62 bits per heavy atom. The molecule has 1 aliphatic heterocycles. The van der Waals surface area contributed by atoms with Crippen molar-refractivity contribution in [2.45, 2.75) is 24.8 Å². The molecule has 1 atom stereocenters. The predicted molar refractivity (Wildman–Crippen MR) is 90.7 cm³/mol. The molecule has 0 aromatic heterocycles. The zero-order valence-electron chi connectivity index (χ0n) is 13.6. The second kappa shape index (κ2) is 8.26. The fourth-order valence-corrected chi connectivity index (χ4v) is 4.30. The third kappa shape index (κ3) is 4.25. The van der Waals surface area contributed by atoms with Gasteiger partial charge in [-0.3, -0.25) is 4.79 Å². The number of hydrogen-bond donors (Lipinski definition) is 1. The van der Waals surface area contributed by atoms with Gasteiger partial charge in [-0.05, 0) is 18.2 Å². The third-order valence-corrected chi connectivity index (χ3v) is 6.16. The van der Waals surface area contributed by atoms with E-state index in [2.05, 4.69) is 5.32 Å². The highest BCUT2D eigenvalue weighted by molar-refractivity contribution is 7.89. The van der Waals surface area contributed by atoms with Crippen molar-refractivity contribution in [2.24, 2.45) is 0 Å². The van der Waals surface area contributed by atoms with Crippen LogP contribution in [0.1, 0.15) is 13.8 Å². The van der Waals surface area contributed by atoms with Crippen molar-refractivity contribution in [1.82, 2.24) is 4.31 Å². The molecule has 0 saturated carbocycles. The molecule has 24 heavy (non-hydrogen) atoms. The average Bonchev–Trinajstić information content (AvgIpc) is 2.58. The summed E-state index contributed by atoms with van der Waals surface area (Å²) in [4.78, 5) is 12.1. The fourth-order valence-electron chi connectivity index (χ4n) is 2.34. The van der Waals surface area contributed by atoms with E-state index in [1.807, 2.05) is 0 Å². The van der Waals surface area contributed by atoms with E-state index in [1.165, 1.54) is 16.4 Å². The van der Waals surface area contributed by atoms with Crippen molar-refractivity contribution in [3.63, 3.8) is 0 Å². The Hall–Kier alpha value is -1.19. The van der Waals surface area contributed by atoms with E-state index in [1.54, 1.807) is 19.9 Å². The summed E-state index contributed by atoms with van der Waals surface area (Å²) in [6.07, 6.45) is -0.711. The largest absolute Gasteiger partial charge is 0.376 e. The molecule has 9 heteroatoms. The SMILES string of the molecule is CCN(CC)S(=O)(=O)c1cc(NC(=O)C2COCCO2)ccc1Cl. The number of nitrogens with zero attached hydrogens (tertiary/aromatic N) is 1. The highest BCUT2D eigenvalue weighted by Crippen LogP contribution is 2.28. The fraction of sp³-hybridized carbons (Fsp3) is 0.533. The number of halogens is 1. The van der Waals surface area contributed by atoms with Crippen LogP contribution in [0.4, 0.5) is 5.69 Å². The first-order valence-electron chi connectivity index (χ1n) is 7.70. The molecule has 2 rings (SSSR count). The van der Waals surface area contributed by atoms with Gasteiger partial charge in [-0.25, -0.2) is 8.42 Å². The Morgan fingerprint density at radius 1 is 1.33 bits per heavy atom. The van der Waals surface area contributed by atoms with Gasteiger partial charge in [-0.15, -0.1) is 0 Å². The summed E-state index contributed by atoms with van der Waals surface area (Å²) in [5.41, 5.74) is 0.337. The number of anilines is 1. The molecular formula is C15H21ClN2O5S. The zero-order valence-corrected chi connectivity index (χ0v) is 15.2. The van der Waals surface area contributed by atoms with Crippen LogP contribution < -0.4 is 5.32 Å². The summed E-state index contributed by atoms with van der Waals surface area (Å²) in [5, 5.41) is 2.75. The van der Waals surface area contributed by atoms with Gasteiger partial charge < -0.3 is 14.8 Å². The number of ether oxygens (including phenoxy) is 2. The molecule has 1 aromatic rings. The molecule has 1 saturated heterocycles. The van der Waals surface area contributed by atoms with Crippen LogP contribution in [0.5, 0.6) is 0 Å². The first-order chi connectivity index (χ1) is 11.4. The summed E-state index contributed by atoms with van der Waals surface area (Å²) in [5.74, 6) is -0.386. The molecule has 1 N–H and O–H groups in total. The smallest absolute Gasteiger partial charge is 0.255 e. The van der Waals surface area contributed by atoms with Crippen LogP contribution in [0.3, 0.4) is 0 Å². The Labute approximate surface area is 146 Å². The maximum Gasteiger partial charge on any atom is 0.255 e. The summed E-state index contributed by atoms with van der Waals surface area (Å²) >= 11 is 6.06. The van der Waals surface area contributed by atoms with E-state index in [9.17, 15) is 13.2 Å². The predicted octanol–water partition coefficient (Wildman–Crippen LogP) is 1.72. The summed E-state index contributed by atoms with van der Waals surface area (Å²) in [7, 11) is -3.72. The number of amides is 1. The first-order valence-corrected chi connectivity index (χ1v) is 9.51. The maximum atomic E-state index is 12.6. The van der Waals surface area contributed by atoms with E-state index < -0.39 is 16.1 Å². The van der Waals surface area contributed by atoms with Crippen molar-refractivity contribution >= 4 is 33.2 Å². The summed E-state index contributed by atoms with van der Waals surface area (Å²) < 4.78 is 37.1. The summed E-state index contributed by atoms with van der Waals surface area (Å²) in [6.45, 7) is 5.14. The van der Waals surface area contributed by atoms with E-state index in [4.69, 9.17) is 21.1 Å². The van der Waals surface area contributed by atoms with Crippen LogP contribution in [0, 0.1) is 0 Å². The lowest BCUT2D eigenvalue weighted by Gasteiger charge is -2.22. The Kier molecular flexibility index (Phi) is 6.59. The van der Waals surface area contributed by atoms with Crippen LogP contribution >= 0.6 is 11.6 Å². The van der Waals surface area contributed by atoms with E-state index in [0.29, 0.717) is 32.0 Å². The van der Waals surface area contributed by atoms with Crippen LogP contribution in [0.25, 0.3) is 0 Å². The zero-order chi connectivity index (χ0) is 17.7. The van der Waals surface area contributed by atoms with Crippen LogP contribution in [0.15, 0.2) is 23.1 Å². The van der Waals surface area contributed by atoms with Crippen molar-refractivity contribution in [3.05, 3.63) is 23.2 Å². The van der Waals surface area contributed by atoms with E-state index in [-0.39, 0.29) is 22.4 Å². The summed E-state index contributed by atoms with van der Waals surface area (Å²) in [6, 6.07) is 4.36. The number of nitrogens with one attached hydrogen (secondary N) is 1. The molecule has 1 aliphatic rings. The Balaban J connectivity index is 2.23. The van der Waals surface area contributed by atoms with Gasteiger partial charge in [0.25, 0.3) is 5.91 Å². The highest BCUT2D eigenvalue weighted by atomic mass is 35.5. The monoisotopic (exact) mass is 376 g/mol. The molecule has 7 nitrogen and oxygen atoms in total. The third-order valence-electron chi connectivity index (χ3n) is 3.63. The van der Waals surface area contributed by atoms with Gasteiger partial charge >= 0.3 is 0 Å². The lowest BCUT2D eigenvalue weighted by Crippen LogP contribution is -2.39. The molecule has 0 radical (unpaired) electrons. The van der Waals surface area contributed by atoms with Crippen molar-refractivity contribution in [2.75, 3.05) is 38.2 Å². The van der Waals surface area contributed by atoms with E-state index >= 15 is 0 Å². The van der Waals surface area contributed by atoms with Gasteiger partial charge in [0.05, 0.1) is 24.8 Å². The lowest BCUT2D eigenvalue weighted by atomic mass is 10.3. The van der Waals surface area contributed by atoms with Crippen LogP contribution in [-0.4, -0.2) is 57.6 Å². The topological polar surface area (TPSA) is 84.9 Å². The molecule has 134 valence electrons. The normalized spacial score (nSPS) is 18.6. The first kappa shape index (κ1) is 19.1. The number of hydrogen-bond acceptors (Lipinski definition) is 5. The molecule has 1 aromatic carbocycles. The Morgan fingerprint density at radius 2 is 2.04 bits per heavy atom. The molecule has 0 aliphatic carbocycles. The lowest BCUT2D eigenvalue weighted by molar-refractivity contribution is -0.142. The molecular weight excluding hydrogens is 356 g/mol. The molecule has 1 heterocycles. The second-order valence-electron chi connectivity index (χ2n) is 5.16. The highest BCUT2D eigenvalue weighted by Gasteiger charge is 2.26. The maximum absolute atomic E-state index is 12.6. The van der Waals surface area contributed by atoms with Gasteiger partial charge in [0.1, 0.15) is 4.90 Å². The van der Waals surface area contributed by atoms with Gasteiger partial charge in [0.15, 0.2) is 6.10 Å². The van der Waals surface area contributed by atoms with Crippen molar-refractivity contribution in [3.8, 4) is 0 Å². The van der Waals surface area contributed by atoms with Gasteiger partial charge in [-0.1, -0.05) is 25.4 Å². The number of carbonyl (C=O) groups excluding carboxylic acids is 1. The van der Waals surface area contributed by atoms with Crippen LogP contribution in [-0.2, 0) is 24.3 Å². The van der Waals surface area contributed by atoms with E-state index in [0.717, 1.165) is 0 Å². The standard InChI is InChI=1S/C15H21ClN2O5S/c1-3-18(4-2)24(20,21)14-9-11(5-6-12(14)16)17-15(19)13-10-22-7-8-23-13/h5-6,9,13H,3-4,7-8,10H2,1-2H3,(H,17,19). The minimum Gasteiger partial charge on any atom is -0.376 e. The molecule has 1 amide bonds. The molecule has 1 unspecified atom stereocenters. The number of rotatable bonds is 6.